The molecule has 152 valence electrons. The van der Waals surface area contributed by atoms with E-state index in [0.717, 1.165) is 58.3 Å². The maximum atomic E-state index is 4.68. The minimum atomic E-state index is 0.506. The second-order valence-electron chi connectivity index (χ2n) is 7.09. The highest BCUT2D eigenvalue weighted by molar-refractivity contribution is 8.01. The smallest absolute Gasteiger partial charge is 0.228 e. The van der Waals surface area contributed by atoms with Crippen molar-refractivity contribution in [2.45, 2.75) is 30.4 Å². The second kappa shape index (κ2) is 9.06. The molecule has 4 rings (SSSR count). The van der Waals surface area contributed by atoms with Crippen LogP contribution in [0.1, 0.15) is 19.5 Å². The number of aromatic nitrogens is 4. The monoisotopic (exact) mass is 427 g/mol. The van der Waals surface area contributed by atoms with Crippen LogP contribution in [0.25, 0.3) is 10.6 Å². The molecule has 0 spiro atoms. The van der Waals surface area contributed by atoms with Crippen molar-refractivity contribution >= 4 is 40.6 Å². The van der Waals surface area contributed by atoms with Gasteiger partial charge < -0.3 is 15.5 Å². The third-order valence-electron chi connectivity index (χ3n) is 4.47. The van der Waals surface area contributed by atoms with E-state index in [0.29, 0.717) is 11.2 Å². The maximum Gasteiger partial charge on any atom is 0.228 e. The number of rotatable bonds is 6. The summed E-state index contributed by atoms with van der Waals surface area (Å²) >= 11 is 3.46. The van der Waals surface area contributed by atoms with Gasteiger partial charge in [-0.25, -0.2) is 19.9 Å². The van der Waals surface area contributed by atoms with Crippen molar-refractivity contribution in [1.82, 2.24) is 25.3 Å². The fourth-order valence-electron chi connectivity index (χ4n) is 3.09. The molecule has 1 fully saturated rings. The molecule has 0 amide bonds. The Labute approximate surface area is 179 Å². The number of aryl methyl sites for hydroxylation is 1. The Morgan fingerprint density at radius 2 is 1.97 bits per heavy atom. The zero-order valence-corrected chi connectivity index (χ0v) is 18.5. The first-order valence-electron chi connectivity index (χ1n) is 9.75. The van der Waals surface area contributed by atoms with Crippen LogP contribution in [-0.2, 0) is 0 Å². The van der Waals surface area contributed by atoms with Crippen LogP contribution in [0, 0.1) is 6.92 Å². The van der Waals surface area contributed by atoms with Crippen LogP contribution in [0.3, 0.4) is 0 Å². The summed E-state index contributed by atoms with van der Waals surface area (Å²) in [5.41, 5.74) is 3.02. The van der Waals surface area contributed by atoms with Gasteiger partial charge in [0.15, 0.2) is 4.34 Å². The molecule has 7 nitrogen and oxygen atoms in total. The molecule has 29 heavy (non-hydrogen) atoms. The largest absolute Gasteiger partial charge is 0.368 e. The summed E-state index contributed by atoms with van der Waals surface area (Å²) in [7, 11) is 0. The summed E-state index contributed by atoms with van der Waals surface area (Å²) in [6.07, 6.45) is 3.68. The van der Waals surface area contributed by atoms with E-state index in [2.05, 4.69) is 55.4 Å². The molecule has 4 heterocycles. The summed E-state index contributed by atoms with van der Waals surface area (Å²) in [4.78, 5) is 21.7. The number of pyridine rings is 1. The number of anilines is 3. The van der Waals surface area contributed by atoms with Gasteiger partial charge in [0.25, 0.3) is 0 Å². The van der Waals surface area contributed by atoms with E-state index in [1.54, 1.807) is 29.3 Å². The van der Waals surface area contributed by atoms with Gasteiger partial charge in [-0.15, -0.1) is 11.3 Å². The minimum Gasteiger partial charge on any atom is -0.368 e. The van der Waals surface area contributed by atoms with Gasteiger partial charge in [0, 0.05) is 37.6 Å². The van der Waals surface area contributed by atoms with Gasteiger partial charge in [0.05, 0.1) is 28.1 Å². The van der Waals surface area contributed by atoms with Gasteiger partial charge in [-0.05, 0) is 25.1 Å². The first kappa shape index (κ1) is 20.1. The predicted octanol–water partition coefficient (Wildman–Crippen LogP) is 3.96. The van der Waals surface area contributed by atoms with Gasteiger partial charge in [-0.1, -0.05) is 25.6 Å². The van der Waals surface area contributed by atoms with Crippen molar-refractivity contribution in [2.75, 3.05) is 36.4 Å². The molecule has 0 atom stereocenters. The molecule has 0 radical (unpaired) electrons. The molecule has 0 aliphatic carbocycles. The van der Waals surface area contributed by atoms with Crippen LogP contribution in [0.2, 0.25) is 0 Å². The summed E-state index contributed by atoms with van der Waals surface area (Å²) in [5, 5.41) is 7.09. The standard InChI is InChI=1S/C20H25N7S2/c1-13(2)28-20-24-14(3)18(29-20)16-6-7-22-19(25-16)26-17-5-4-15(12-23-17)27-10-8-21-9-11-27/h4-7,12-13,21H,8-11H2,1-3H3,(H,22,23,25,26). The van der Waals surface area contributed by atoms with E-state index in [4.69, 9.17) is 0 Å². The quantitative estimate of drug-likeness (QED) is 0.573. The topological polar surface area (TPSA) is 78.9 Å². The van der Waals surface area contributed by atoms with E-state index in [-0.39, 0.29) is 0 Å². The molecule has 0 saturated carbocycles. The van der Waals surface area contributed by atoms with Crippen molar-refractivity contribution in [1.29, 1.82) is 0 Å². The number of hydrogen-bond acceptors (Lipinski definition) is 9. The van der Waals surface area contributed by atoms with E-state index in [1.807, 2.05) is 25.3 Å². The van der Waals surface area contributed by atoms with Crippen LogP contribution in [0.5, 0.6) is 0 Å². The van der Waals surface area contributed by atoms with Crippen molar-refractivity contribution in [2.24, 2.45) is 0 Å². The number of thiazole rings is 1. The van der Waals surface area contributed by atoms with Crippen LogP contribution in [0.15, 0.2) is 34.9 Å². The third-order valence-corrected chi connectivity index (χ3v) is 6.75. The molecule has 3 aromatic rings. The number of thioether (sulfide) groups is 1. The number of nitrogens with zero attached hydrogens (tertiary/aromatic N) is 5. The first-order chi connectivity index (χ1) is 14.1. The molecular weight excluding hydrogens is 402 g/mol. The van der Waals surface area contributed by atoms with Crippen molar-refractivity contribution in [3.05, 3.63) is 36.3 Å². The molecule has 0 bridgehead atoms. The molecule has 1 aliphatic heterocycles. The van der Waals surface area contributed by atoms with Crippen LogP contribution >= 0.6 is 23.1 Å². The van der Waals surface area contributed by atoms with E-state index in [9.17, 15) is 0 Å². The Kier molecular flexibility index (Phi) is 6.27. The Morgan fingerprint density at radius 1 is 1.14 bits per heavy atom. The second-order valence-corrected chi connectivity index (χ2v) is 9.91. The predicted molar refractivity (Wildman–Crippen MR) is 121 cm³/mol. The Hall–Kier alpha value is -2.23. The Morgan fingerprint density at radius 3 is 2.69 bits per heavy atom. The molecule has 2 N–H and O–H groups in total. The van der Waals surface area contributed by atoms with Crippen molar-refractivity contribution in [3.63, 3.8) is 0 Å². The zero-order chi connectivity index (χ0) is 20.2. The van der Waals surface area contributed by atoms with Crippen molar-refractivity contribution < 1.29 is 0 Å². The van der Waals surface area contributed by atoms with Gasteiger partial charge >= 0.3 is 0 Å². The highest BCUT2D eigenvalue weighted by atomic mass is 32.2. The van der Waals surface area contributed by atoms with Crippen LogP contribution < -0.4 is 15.5 Å². The van der Waals surface area contributed by atoms with E-state index >= 15 is 0 Å². The van der Waals surface area contributed by atoms with Gasteiger partial charge in [-0.2, -0.15) is 0 Å². The lowest BCUT2D eigenvalue weighted by Gasteiger charge is -2.29. The summed E-state index contributed by atoms with van der Waals surface area (Å²) in [6, 6.07) is 5.99. The SMILES string of the molecule is Cc1nc(SC(C)C)sc1-c1ccnc(Nc2ccc(N3CCNCC3)cn2)n1. The highest BCUT2D eigenvalue weighted by Gasteiger charge is 2.14. The van der Waals surface area contributed by atoms with Gasteiger partial charge in [0.2, 0.25) is 5.95 Å². The van der Waals surface area contributed by atoms with E-state index in [1.165, 1.54) is 0 Å². The molecule has 1 aliphatic rings. The number of piperazine rings is 1. The lowest BCUT2D eigenvalue weighted by molar-refractivity contribution is 0.589. The highest BCUT2D eigenvalue weighted by Crippen LogP contribution is 2.35. The average molecular weight is 428 g/mol. The molecule has 0 unspecified atom stereocenters. The first-order valence-corrected chi connectivity index (χ1v) is 11.4. The minimum absolute atomic E-state index is 0.506. The van der Waals surface area contributed by atoms with Gasteiger partial charge in [0.1, 0.15) is 5.82 Å². The van der Waals surface area contributed by atoms with Crippen LogP contribution in [-0.4, -0.2) is 51.4 Å². The Balaban J connectivity index is 1.48. The molecule has 9 heteroatoms. The molecular formula is C20H25N7S2. The number of nitrogens with one attached hydrogen (secondary N) is 2. The summed E-state index contributed by atoms with van der Waals surface area (Å²) in [6.45, 7) is 10.4. The average Bonchev–Trinajstić information content (AvgIpc) is 3.09. The maximum absolute atomic E-state index is 4.68. The lowest BCUT2D eigenvalue weighted by Crippen LogP contribution is -2.43. The lowest BCUT2D eigenvalue weighted by atomic mass is 10.3. The van der Waals surface area contributed by atoms with Gasteiger partial charge in [-0.3, -0.25) is 0 Å². The zero-order valence-electron chi connectivity index (χ0n) is 16.8. The summed E-state index contributed by atoms with van der Waals surface area (Å²) < 4.78 is 1.07. The number of hydrogen-bond donors (Lipinski definition) is 2. The fourth-order valence-corrected chi connectivity index (χ4v) is 5.47. The normalized spacial score (nSPS) is 14.4. The molecule has 0 aromatic carbocycles. The molecule has 1 saturated heterocycles. The molecule has 3 aromatic heterocycles. The summed E-state index contributed by atoms with van der Waals surface area (Å²) in [5.74, 6) is 1.27. The Bertz CT molecular complexity index is 950. The fraction of sp³-hybridized carbons (Fsp3) is 0.400. The van der Waals surface area contributed by atoms with E-state index < -0.39 is 0 Å². The third kappa shape index (κ3) is 5.04. The van der Waals surface area contributed by atoms with Crippen LogP contribution in [0.4, 0.5) is 17.5 Å². The van der Waals surface area contributed by atoms with Crippen molar-refractivity contribution in [3.8, 4) is 10.6 Å².